The van der Waals surface area contributed by atoms with Gasteiger partial charge < -0.3 is 0 Å². The molecule has 0 bridgehead atoms. The summed E-state index contributed by atoms with van der Waals surface area (Å²) in [6, 6.07) is 31.2. The molecule has 0 heterocycles. The van der Waals surface area contributed by atoms with E-state index >= 15 is 0 Å². The van der Waals surface area contributed by atoms with Crippen LogP contribution in [0.4, 0.5) is 0 Å². The van der Waals surface area contributed by atoms with Crippen molar-refractivity contribution in [3.63, 3.8) is 0 Å². The molecule has 1 aliphatic rings. The average molecular weight is 302 g/mol. The van der Waals surface area contributed by atoms with Crippen LogP contribution in [0.25, 0.3) is 54.6 Å². The van der Waals surface area contributed by atoms with Crippen LogP contribution in [0.1, 0.15) is 0 Å². The molecular formula is C24H14. The highest BCUT2D eigenvalue weighted by atomic mass is 14.2. The van der Waals surface area contributed by atoms with Gasteiger partial charge in [0.25, 0.3) is 0 Å². The van der Waals surface area contributed by atoms with Crippen LogP contribution >= 0.6 is 0 Å². The molecule has 0 spiro atoms. The fraction of sp³-hybridized carbons (Fsp3) is 0. The van der Waals surface area contributed by atoms with Gasteiger partial charge in [-0.2, -0.15) is 0 Å². The van der Waals surface area contributed by atoms with Gasteiger partial charge in [-0.15, -0.1) is 0 Å². The van der Waals surface area contributed by atoms with Crippen molar-refractivity contribution < 1.29 is 0 Å². The third-order valence-corrected chi connectivity index (χ3v) is 5.37. The van der Waals surface area contributed by atoms with E-state index in [1.807, 2.05) is 0 Å². The molecule has 0 aromatic heterocycles. The Morgan fingerprint density at radius 2 is 1.04 bits per heavy atom. The van der Waals surface area contributed by atoms with Crippen LogP contribution in [0.15, 0.2) is 84.9 Å². The molecule has 0 fully saturated rings. The summed E-state index contributed by atoms with van der Waals surface area (Å²) in [5, 5.41) is 8.03. The Balaban J connectivity index is 1.83. The van der Waals surface area contributed by atoms with E-state index in [0.29, 0.717) is 0 Å². The molecule has 0 unspecified atom stereocenters. The van der Waals surface area contributed by atoms with Gasteiger partial charge in [0.1, 0.15) is 0 Å². The van der Waals surface area contributed by atoms with Crippen molar-refractivity contribution in [2.24, 2.45) is 0 Å². The van der Waals surface area contributed by atoms with E-state index in [1.54, 1.807) is 0 Å². The Hall–Kier alpha value is -3.12. The van der Waals surface area contributed by atoms with Crippen molar-refractivity contribution >= 4 is 32.3 Å². The van der Waals surface area contributed by atoms with Crippen molar-refractivity contribution in [3.05, 3.63) is 84.9 Å². The fourth-order valence-corrected chi connectivity index (χ4v) is 4.29. The van der Waals surface area contributed by atoms with Gasteiger partial charge in [-0.1, -0.05) is 72.8 Å². The van der Waals surface area contributed by atoms with Gasteiger partial charge >= 0.3 is 0 Å². The third-order valence-electron chi connectivity index (χ3n) is 5.37. The molecule has 1 aliphatic carbocycles. The Morgan fingerprint density at radius 1 is 0.375 bits per heavy atom. The minimum Gasteiger partial charge on any atom is -0.0616 e. The van der Waals surface area contributed by atoms with Gasteiger partial charge in [0, 0.05) is 0 Å². The SMILES string of the molecule is c1cc2c3c(cccc3c1)-c1cc3c(ccc4ccccc43)cc1-2. The van der Waals surface area contributed by atoms with Crippen LogP contribution in [-0.4, -0.2) is 0 Å². The molecule has 0 N–H and O–H groups in total. The Bertz CT molecular complexity index is 1290. The Kier molecular flexibility index (Phi) is 2.18. The second-order valence-electron chi connectivity index (χ2n) is 6.61. The quantitative estimate of drug-likeness (QED) is 0.271. The van der Waals surface area contributed by atoms with Crippen LogP contribution in [-0.2, 0) is 0 Å². The molecule has 5 aromatic carbocycles. The smallest absolute Gasteiger partial charge is 0.00264 e. The molecule has 0 nitrogen and oxygen atoms in total. The predicted octanol–water partition coefficient (Wildman–Crippen LogP) is 6.79. The average Bonchev–Trinajstić information content (AvgIpc) is 2.96. The summed E-state index contributed by atoms with van der Waals surface area (Å²) in [5.74, 6) is 0. The minimum atomic E-state index is 1.30. The van der Waals surface area contributed by atoms with Crippen molar-refractivity contribution in [2.45, 2.75) is 0 Å². The number of rotatable bonds is 0. The summed E-state index contributed by atoms with van der Waals surface area (Å²) in [5.41, 5.74) is 5.47. The lowest BCUT2D eigenvalue weighted by atomic mass is 9.95. The molecular weight excluding hydrogens is 288 g/mol. The Morgan fingerprint density at radius 3 is 1.88 bits per heavy atom. The molecule has 0 amide bonds. The van der Waals surface area contributed by atoms with E-state index in [2.05, 4.69) is 84.9 Å². The highest BCUT2D eigenvalue weighted by molar-refractivity contribution is 6.19. The topological polar surface area (TPSA) is 0 Å². The largest absolute Gasteiger partial charge is 0.0616 e. The summed E-state index contributed by atoms with van der Waals surface area (Å²) in [4.78, 5) is 0. The zero-order valence-corrected chi connectivity index (χ0v) is 13.1. The van der Waals surface area contributed by atoms with Crippen molar-refractivity contribution in [2.75, 3.05) is 0 Å². The van der Waals surface area contributed by atoms with Gasteiger partial charge in [0.05, 0.1) is 0 Å². The third kappa shape index (κ3) is 1.43. The number of fused-ring (bicyclic) bond motifs is 6. The first kappa shape index (κ1) is 12.3. The molecule has 0 saturated carbocycles. The highest BCUT2D eigenvalue weighted by Gasteiger charge is 2.21. The normalized spacial score (nSPS) is 12.2. The van der Waals surface area contributed by atoms with Crippen molar-refractivity contribution in [1.29, 1.82) is 0 Å². The number of benzene rings is 5. The second kappa shape index (κ2) is 4.24. The second-order valence-corrected chi connectivity index (χ2v) is 6.61. The minimum absolute atomic E-state index is 1.30. The maximum Gasteiger partial charge on any atom is -0.00264 e. The predicted molar refractivity (Wildman–Crippen MR) is 103 cm³/mol. The van der Waals surface area contributed by atoms with Gasteiger partial charge in [-0.3, -0.25) is 0 Å². The van der Waals surface area contributed by atoms with Crippen LogP contribution < -0.4 is 0 Å². The van der Waals surface area contributed by atoms with Crippen LogP contribution in [0, 0.1) is 0 Å². The van der Waals surface area contributed by atoms with Crippen LogP contribution in [0.2, 0.25) is 0 Å². The van der Waals surface area contributed by atoms with Crippen molar-refractivity contribution in [1.82, 2.24) is 0 Å². The molecule has 24 heavy (non-hydrogen) atoms. The summed E-state index contributed by atoms with van der Waals surface area (Å²) in [6.45, 7) is 0. The first-order chi connectivity index (χ1) is 11.9. The highest BCUT2D eigenvalue weighted by Crippen LogP contribution is 2.48. The molecule has 6 rings (SSSR count). The lowest BCUT2D eigenvalue weighted by Crippen LogP contribution is -1.81. The van der Waals surface area contributed by atoms with Gasteiger partial charge in [0.15, 0.2) is 0 Å². The number of hydrogen-bond donors (Lipinski definition) is 0. The van der Waals surface area contributed by atoms with E-state index in [1.165, 1.54) is 54.6 Å². The van der Waals surface area contributed by atoms with E-state index in [0.717, 1.165) is 0 Å². The zero-order valence-electron chi connectivity index (χ0n) is 13.1. The monoisotopic (exact) mass is 302 g/mol. The first-order valence-electron chi connectivity index (χ1n) is 8.38. The number of hydrogen-bond acceptors (Lipinski definition) is 0. The maximum atomic E-state index is 2.39. The molecule has 0 atom stereocenters. The summed E-state index contributed by atoms with van der Waals surface area (Å²) < 4.78 is 0. The summed E-state index contributed by atoms with van der Waals surface area (Å²) >= 11 is 0. The molecule has 0 saturated heterocycles. The first-order valence-corrected chi connectivity index (χ1v) is 8.38. The van der Waals surface area contributed by atoms with Gasteiger partial charge in [0.2, 0.25) is 0 Å². The van der Waals surface area contributed by atoms with E-state index < -0.39 is 0 Å². The van der Waals surface area contributed by atoms with E-state index in [-0.39, 0.29) is 0 Å². The lowest BCUT2D eigenvalue weighted by Gasteiger charge is -2.08. The molecule has 0 radical (unpaired) electrons. The lowest BCUT2D eigenvalue weighted by molar-refractivity contribution is 1.74. The van der Waals surface area contributed by atoms with Crippen molar-refractivity contribution in [3.8, 4) is 22.3 Å². The van der Waals surface area contributed by atoms with Gasteiger partial charge in [-0.25, -0.2) is 0 Å². The summed E-state index contributed by atoms with van der Waals surface area (Å²) in [6.07, 6.45) is 0. The zero-order chi connectivity index (χ0) is 15.7. The Labute approximate surface area is 140 Å². The van der Waals surface area contributed by atoms with Crippen LogP contribution in [0.3, 0.4) is 0 Å². The molecule has 110 valence electrons. The molecule has 5 aromatic rings. The standard InChI is InChI=1S/C24H14/c1-2-8-18-15(5-1)11-12-17-13-22-19-9-3-6-16-7-4-10-20(24(16)19)23(22)14-21(17)18/h1-14H. The maximum absolute atomic E-state index is 2.39. The van der Waals surface area contributed by atoms with E-state index in [4.69, 9.17) is 0 Å². The summed E-state index contributed by atoms with van der Waals surface area (Å²) in [7, 11) is 0. The van der Waals surface area contributed by atoms with Crippen LogP contribution in [0.5, 0.6) is 0 Å². The molecule has 0 aliphatic heterocycles. The fourth-order valence-electron chi connectivity index (χ4n) is 4.29. The van der Waals surface area contributed by atoms with Gasteiger partial charge in [-0.05, 0) is 66.7 Å². The van der Waals surface area contributed by atoms with E-state index in [9.17, 15) is 0 Å². The molecule has 0 heteroatoms.